The van der Waals surface area contributed by atoms with Crippen LogP contribution in [0.2, 0.25) is 0 Å². The molecular formula is C35H41N3O5. The number of carbonyl (C=O) groups is 3. The summed E-state index contributed by atoms with van der Waals surface area (Å²) in [4.78, 5) is 41.4. The van der Waals surface area contributed by atoms with Crippen LogP contribution in [-0.4, -0.2) is 72.5 Å². The molecule has 0 bridgehead atoms. The van der Waals surface area contributed by atoms with Gasteiger partial charge in [0, 0.05) is 50.7 Å². The number of benzene rings is 3. The zero-order valence-electron chi connectivity index (χ0n) is 25.3. The number of amides is 2. The van der Waals surface area contributed by atoms with Gasteiger partial charge in [-0.15, -0.1) is 0 Å². The van der Waals surface area contributed by atoms with E-state index in [9.17, 15) is 14.4 Å². The van der Waals surface area contributed by atoms with Gasteiger partial charge in [-0.05, 0) is 61.1 Å². The smallest absolute Gasteiger partial charge is 0.306 e. The molecule has 8 heteroatoms. The van der Waals surface area contributed by atoms with Crippen molar-refractivity contribution in [3.63, 3.8) is 0 Å². The summed E-state index contributed by atoms with van der Waals surface area (Å²) >= 11 is 0. The Hall–Kier alpha value is -4.59. The molecule has 8 nitrogen and oxygen atoms in total. The number of hydrogen-bond acceptors (Lipinski definition) is 5. The van der Waals surface area contributed by atoms with Gasteiger partial charge in [-0.1, -0.05) is 60.7 Å². The number of aromatic nitrogens is 1. The standard InChI is InChI=1S/C35H41N3O5/c1-4-42-35(41)18-15-29-24-38(25-33(39)36(2)21-19-27-11-7-5-8-12-27)32-17-16-30(23-31(29)32)43-26-34(40)37(3)22-20-28-13-9-6-10-14-28/h5-14,16-17,23-24H,4,15,18-22,25-26H2,1-3H3. The number of likely N-dealkylation sites (N-methyl/N-ethyl adjacent to an activating group) is 2. The third kappa shape index (κ3) is 9.20. The van der Waals surface area contributed by atoms with Crippen molar-refractivity contribution in [2.45, 2.75) is 39.2 Å². The third-order valence-corrected chi connectivity index (χ3v) is 7.52. The van der Waals surface area contributed by atoms with Gasteiger partial charge in [0.2, 0.25) is 5.91 Å². The summed E-state index contributed by atoms with van der Waals surface area (Å²) in [6, 6.07) is 25.7. The Kier molecular flexibility index (Phi) is 11.4. The van der Waals surface area contributed by atoms with E-state index in [0.29, 0.717) is 31.9 Å². The number of nitrogens with zero attached hydrogens (tertiary/aromatic N) is 3. The van der Waals surface area contributed by atoms with E-state index in [-0.39, 0.29) is 37.4 Å². The van der Waals surface area contributed by atoms with Gasteiger partial charge in [0.1, 0.15) is 12.3 Å². The summed E-state index contributed by atoms with van der Waals surface area (Å²) in [6.45, 7) is 3.42. The average Bonchev–Trinajstić information content (AvgIpc) is 3.37. The molecule has 0 aliphatic rings. The maximum atomic E-state index is 13.2. The van der Waals surface area contributed by atoms with Crippen LogP contribution in [-0.2, 0) is 44.9 Å². The van der Waals surface area contributed by atoms with Gasteiger partial charge in [0.25, 0.3) is 5.91 Å². The molecule has 226 valence electrons. The van der Waals surface area contributed by atoms with Crippen LogP contribution in [0.15, 0.2) is 85.1 Å². The third-order valence-electron chi connectivity index (χ3n) is 7.52. The largest absolute Gasteiger partial charge is 0.484 e. The molecule has 43 heavy (non-hydrogen) atoms. The molecule has 2 amide bonds. The highest BCUT2D eigenvalue weighted by Crippen LogP contribution is 2.28. The number of esters is 1. The number of carbonyl (C=O) groups excluding carboxylic acids is 3. The predicted molar refractivity (Wildman–Crippen MR) is 168 cm³/mol. The van der Waals surface area contributed by atoms with E-state index >= 15 is 0 Å². The predicted octanol–water partition coefficient (Wildman–Crippen LogP) is 4.92. The normalized spacial score (nSPS) is 10.9. The zero-order chi connectivity index (χ0) is 30.6. The second kappa shape index (κ2) is 15.6. The molecule has 0 saturated heterocycles. The first-order chi connectivity index (χ1) is 20.8. The highest BCUT2D eigenvalue weighted by molar-refractivity contribution is 5.88. The first-order valence-corrected chi connectivity index (χ1v) is 14.8. The Balaban J connectivity index is 1.43. The number of hydrogen-bond donors (Lipinski definition) is 0. The summed E-state index contributed by atoms with van der Waals surface area (Å²) in [5.74, 6) is 0.171. The van der Waals surface area contributed by atoms with E-state index in [2.05, 4.69) is 12.1 Å². The van der Waals surface area contributed by atoms with Crippen molar-refractivity contribution in [3.05, 3.63) is 102 Å². The molecule has 1 heterocycles. The lowest BCUT2D eigenvalue weighted by Crippen LogP contribution is -2.33. The molecule has 1 aromatic heterocycles. The molecule has 0 unspecified atom stereocenters. The average molecular weight is 584 g/mol. The van der Waals surface area contributed by atoms with E-state index < -0.39 is 0 Å². The SMILES string of the molecule is CCOC(=O)CCc1cn(CC(=O)N(C)CCc2ccccc2)c2ccc(OCC(=O)N(C)CCc3ccccc3)cc12. The van der Waals surface area contributed by atoms with Crippen molar-refractivity contribution >= 4 is 28.7 Å². The first kappa shape index (κ1) is 31.3. The highest BCUT2D eigenvalue weighted by atomic mass is 16.5. The molecule has 0 saturated carbocycles. The minimum Gasteiger partial charge on any atom is -0.484 e. The molecule has 0 spiro atoms. The zero-order valence-corrected chi connectivity index (χ0v) is 25.3. The van der Waals surface area contributed by atoms with Crippen LogP contribution in [0.1, 0.15) is 30.0 Å². The van der Waals surface area contributed by atoms with Crippen LogP contribution in [0.5, 0.6) is 5.75 Å². The fourth-order valence-corrected chi connectivity index (χ4v) is 4.89. The monoisotopic (exact) mass is 583 g/mol. The molecule has 0 fully saturated rings. The fourth-order valence-electron chi connectivity index (χ4n) is 4.89. The molecular weight excluding hydrogens is 542 g/mol. The molecule has 3 aromatic carbocycles. The lowest BCUT2D eigenvalue weighted by molar-refractivity contribution is -0.143. The highest BCUT2D eigenvalue weighted by Gasteiger charge is 2.17. The molecule has 0 aliphatic heterocycles. The summed E-state index contributed by atoms with van der Waals surface area (Å²) in [6.07, 6.45) is 4.17. The molecule has 0 N–H and O–H groups in total. The lowest BCUT2D eigenvalue weighted by atomic mass is 10.1. The molecule has 4 aromatic rings. The number of rotatable bonds is 15. The summed E-state index contributed by atoms with van der Waals surface area (Å²) in [5, 5.41) is 0.881. The van der Waals surface area contributed by atoms with Gasteiger partial charge >= 0.3 is 5.97 Å². The van der Waals surface area contributed by atoms with Crippen molar-refractivity contribution in [1.82, 2.24) is 14.4 Å². The van der Waals surface area contributed by atoms with Crippen LogP contribution in [0.3, 0.4) is 0 Å². The Morgan fingerprint density at radius 3 is 1.98 bits per heavy atom. The minimum absolute atomic E-state index is 0.00534. The van der Waals surface area contributed by atoms with E-state index in [0.717, 1.165) is 29.3 Å². The number of aryl methyl sites for hydroxylation is 1. The second-order valence-corrected chi connectivity index (χ2v) is 10.7. The van der Waals surface area contributed by atoms with Crippen molar-refractivity contribution in [2.24, 2.45) is 0 Å². The van der Waals surface area contributed by atoms with Gasteiger partial charge in [0.05, 0.1) is 6.61 Å². The van der Waals surface area contributed by atoms with Crippen LogP contribution < -0.4 is 4.74 Å². The Labute approximate surface area is 253 Å². The van der Waals surface area contributed by atoms with Crippen molar-refractivity contribution in [1.29, 1.82) is 0 Å². The van der Waals surface area contributed by atoms with Crippen LogP contribution >= 0.6 is 0 Å². The van der Waals surface area contributed by atoms with E-state index in [1.165, 1.54) is 11.1 Å². The summed E-state index contributed by atoms with van der Waals surface area (Å²) < 4.78 is 13.0. The van der Waals surface area contributed by atoms with Gasteiger partial charge in [-0.2, -0.15) is 0 Å². The molecule has 0 atom stereocenters. The lowest BCUT2D eigenvalue weighted by Gasteiger charge is -2.18. The van der Waals surface area contributed by atoms with Crippen LogP contribution in [0.25, 0.3) is 10.9 Å². The Morgan fingerprint density at radius 2 is 1.37 bits per heavy atom. The first-order valence-electron chi connectivity index (χ1n) is 14.8. The summed E-state index contributed by atoms with van der Waals surface area (Å²) in [7, 11) is 3.60. The maximum Gasteiger partial charge on any atom is 0.306 e. The van der Waals surface area contributed by atoms with Crippen molar-refractivity contribution in [3.8, 4) is 5.75 Å². The van der Waals surface area contributed by atoms with Crippen LogP contribution in [0.4, 0.5) is 0 Å². The quantitative estimate of drug-likeness (QED) is 0.186. The Morgan fingerprint density at radius 1 is 0.767 bits per heavy atom. The van der Waals surface area contributed by atoms with Crippen LogP contribution in [0, 0.1) is 0 Å². The molecule has 0 radical (unpaired) electrons. The van der Waals surface area contributed by atoms with Crippen molar-refractivity contribution in [2.75, 3.05) is 40.4 Å². The van der Waals surface area contributed by atoms with Gasteiger partial charge in [0.15, 0.2) is 6.61 Å². The Bertz CT molecular complexity index is 1500. The topological polar surface area (TPSA) is 81.1 Å². The van der Waals surface area contributed by atoms with Gasteiger partial charge < -0.3 is 23.8 Å². The second-order valence-electron chi connectivity index (χ2n) is 10.7. The van der Waals surface area contributed by atoms with E-state index in [4.69, 9.17) is 9.47 Å². The number of fused-ring (bicyclic) bond motifs is 1. The fraction of sp³-hybridized carbons (Fsp3) is 0.343. The van der Waals surface area contributed by atoms with E-state index in [1.54, 1.807) is 23.8 Å². The summed E-state index contributed by atoms with van der Waals surface area (Å²) in [5.41, 5.74) is 4.14. The molecule has 4 rings (SSSR count). The van der Waals surface area contributed by atoms with Gasteiger partial charge in [-0.25, -0.2) is 0 Å². The minimum atomic E-state index is -0.267. The van der Waals surface area contributed by atoms with E-state index in [1.807, 2.05) is 84.5 Å². The van der Waals surface area contributed by atoms with Gasteiger partial charge in [-0.3, -0.25) is 14.4 Å². The molecule has 0 aliphatic carbocycles. The number of ether oxygens (including phenoxy) is 2. The van der Waals surface area contributed by atoms with Crippen molar-refractivity contribution < 1.29 is 23.9 Å². The maximum absolute atomic E-state index is 13.2.